The summed E-state index contributed by atoms with van der Waals surface area (Å²) in [5.74, 6) is 0.743. The van der Waals surface area contributed by atoms with Gasteiger partial charge >= 0.3 is 0 Å². The lowest BCUT2D eigenvalue weighted by molar-refractivity contribution is 0.470. The monoisotopic (exact) mass is 381 g/mol. The fraction of sp³-hybridized carbons (Fsp3) is 0.375. The van der Waals surface area contributed by atoms with E-state index >= 15 is 0 Å². The molecule has 0 aliphatic heterocycles. The number of rotatable bonds is 6. The maximum atomic E-state index is 11.3. The molecule has 7 nitrogen and oxygen atoms in total. The molecule has 0 bridgehead atoms. The van der Waals surface area contributed by atoms with Gasteiger partial charge in [-0.3, -0.25) is 9.71 Å². The molecule has 2 aromatic rings. The van der Waals surface area contributed by atoms with Gasteiger partial charge in [-0.1, -0.05) is 12.1 Å². The summed E-state index contributed by atoms with van der Waals surface area (Å²) in [5, 5.41) is 6.36. The van der Waals surface area contributed by atoms with Gasteiger partial charge in [-0.2, -0.15) is 0 Å². The standard InChI is InChI=1S/C16H23N5O2S2/c1-12-19-15(11-24-12)10-21(3)16(17-2)18-9-13-6-5-7-14(8-13)20-25(4,22)23/h5-8,11,20H,9-10H2,1-4H3,(H,17,18). The van der Waals surface area contributed by atoms with Crippen molar-refractivity contribution in [3.05, 3.63) is 45.9 Å². The summed E-state index contributed by atoms with van der Waals surface area (Å²) in [6, 6.07) is 7.26. The molecule has 0 spiro atoms. The molecule has 136 valence electrons. The quantitative estimate of drug-likeness (QED) is 0.591. The van der Waals surface area contributed by atoms with Gasteiger partial charge in [0.2, 0.25) is 10.0 Å². The number of guanidine groups is 1. The lowest BCUT2D eigenvalue weighted by atomic mass is 10.2. The molecule has 0 fully saturated rings. The third-order valence-corrected chi connectivity index (χ3v) is 4.75. The second-order valence-electron chi connectivity index (χ2n) is 5.69. The number of sulfonamides is 1. The Kier molecular flexibility index (Phi) is 6.38. The molecule has 25 heavy (non-hydrogen) atoms. The first-order chi connectivity index (χ1) is 11.8. The Balaban J connectivity index is 1.97. The van der Waals surface area contributed by atoms with Crippen LogP contribution in [0.5, 0.6) is 0 Å². The highest BCUT2D eigenvalue weighted by Gasteiger charge is 2.09. The summed E-state index contributed by atoms with van der Waals surface area (Å²) in [4.78, 5) is 10.7. The van der Waals surface area contributed by atoms with Crippen LogP contribution >= 0.6 is 11.3 Å². The molecule has 2 rings (SSSR count). The SMILES string of the molecule is CN=C(NCc1cccc(NS(C)(=O)=O)c1)N(C)Cc1csc(C)n1. The van der Waals surface area contributed by atoms with E-state index < -0.39 is 10.0 Å². The molecule has 0 amide bonds. The largest absolute Gasteiger partial charge is 0.352 e. The van der Waals surface area contributed by atoms with Crippen LogP contribution in [0.3, 0.4) is 0 Å². The molecule has 1 aromatic heterocycles. The molecule has 0 aliphatic carbocycles. The number of benzene rings is 1. The van der Waals surface area contributed by atoms with Crippen LogP contribution in [-0.4, -0.2) is 44.6 Å². The van der Waals surface area contributed by atoms with Crippen molar-refractivity contribution in [3.8, 4) is 0 Å². The highest BCUT2D eigenvalue weighted by Crippen LogP contribution is 2.12. The average Bonchev–Trinajstić information content (AvgIpc) is 2.91. The highest BCUT2D eigenvalue weighted by atomic mass is 32.2. The van der Waals surface area contributed by atoms with Crippen LogP contribution in [0.4, 0.5) is 5.69 Å². The van der Waals surface area contributed by atoms with Gasteiger partial charge in [-0.05, 0) is 24.6 Å². The molecule has 0 atom stereocenters. The van der Waals surface area contributed by atoms with Crippen molar-refractivity contribution in [2.24, 2.45) is 4.99 Å². The summed E-state index contributed by atoms with van der Waals surface area (Å²) in [6.07, 6.45) is 1.13. The van der Waals surface area contributed by atoms with E-state index in [2.05, 4.69) is 20.0 Å². The lowest BCUT2D eigenvalue weighted by Crippen LogP contribution is -2.38. The zero-order valence-electron chi connectivity index (χ0n) is 14.8. The van der Waals surface area contributed by atoms with Gasteiger partial charge in [-0.25, -0.2) is 13.4 Å². The van der Waals surface area contributed by atoms with Crippen molar-refractivity contribution >= 4 is 33.0 Å². The van der Waals surface area contributed by atoms with Crippen molar-refractivity contribution in [1.82, 2.24) is 15.2 Å². The van der Waals surface area contributed by atoms with Gasteiger partial charge in [0, 0.05) is 31.7 Å². The fourth-order valence-corrected chi connectivity index (χ4v) is 3.48. The topological polar surface area (TPSA) is 86.7 Å². The van der Waals surface area contributed by atoms with E-state index in [1.165, 1.54) is 0 Å². The molecule has 0 saturated heterocycles. The molecule has 2 N–H and O–H groups in total. The van der Waals surface area contributed by atoms with E-state index in [9.17, 15) is 8.42 Å². The van der Waals surface area contributed by atoms with E-state index in [0.29, 0.717) is 18.8 Å². The third kappa shape index (κ3) is 6.35. The number of aliphatic imine (C=N–C) groups is 1. The first-order valence-electron chi connectivity index (χ1n) is 7.66. The Hall–Kier alpha value is -2.13. The minimum Gasteiger partial charge on any atom is -0.352 e. The zero-order chi connectivity index (χ0) is 18.4. The van der Waals surface area contributed by atoms with Gasteiger partial charge in [-0.15, -0.1) is 11.3 Å². The van der Waals surface area contributed by atoms with E-state index in [1.807, 2.05) is 36.4 Å². The highest BCUT2D eigenvalue weighted by molar-refractivity contribution is 7.92. The van der Waals surface area contributed by atoms with Crippen LogP contribution in [0.1, 0.15) is 16.3 Å². The minimum atomic E-state index is -3.28. The van der Waals surface area contributed by atoms with Crippen LogP contribution in [0.25, 0.3) is 0 Å². The fourth-order valence-electron chi connectivity index (χ4n) is 2.32. The summed E-state index contributed by atoms with van der Waals surface area (Å²) in [7, 11) is 0.395. The summed E-state index contributed by atoms with van der Waals surface area (Å²) < 4.78 is 25.1. The van der Waals surface area contributed by atoms with Crippen LogP contribution in [-0.2, 0) is 23.1 Å². The van der Waals surface area contributed by atoms with Gasteiger partial charge < -0.3 is 10.2 Å². The maximum Gasteiger partial charge on any atom is 0.229 e. The Bertz CT molecular complexity index is 846. The van der Waals surface area contributed by atoms with E-state index in [1.54, 1.807) is 30.5 Å². The van der Waals surface area contributed by atoms with Crippen molar-refractivity contribution in [2.75, 3.05) is 25.1 Å². The molecular formula is C16H23N5O2S2. The summed E-state index contributed by atoms with van der Waals surface area (Å²) >= 11 is 1.63. The number of hydrogen-bond acceptors (Lipinski definition) is 5. The Morgan fingerprint density at radius 3 is 2.76 bits per heavy atom. The van der Waals surface area contributed by atoms with Crippen molar-refractivity contribution < 1.29 is 8.42 Å². The van der Waals surface area contributed by atoms with Gasteiger partial charge in [0.25, 0.3) is 0 Å². The maximum absolute atomic E-state index is 11.3. The summed E-state index contributed by atoms with van der Waals surface area (Å²) in [5.41, 5.74) is 2.50. The normalized spacial score (nSPS) is 12.1. The van der Waals surface area contributed by atoms with Gasteiger partial charge in [0.05, 0.1) is 23.5 Å². The molecule has 1 aromatic carbocycles. The number of nitrogens with one attached hydrogen (secondary N) is 2. The number of anilines is 1. The van der Waals surface area contributed by atoms with E-state index in [0.717, 1.165) is 28.5 Å². The van der Waals surface area contributed by atoms with Crippen LogP contribution < -0.4 is 10.0 Å². The van der Waals surface area contributed by atoms with Gasteiger partial charge in [0.1, 0.15) is 0 Å². The molecular weight excluding hydrogens is 358 g/mol. The van der Waals surface area contributed by atoms with Gasteiger partial charge in [0.15, 0.2) is 5.96 Å². The van der Waals surface area contributed by atoms with Crippen molar-refractivity contribution in [2.45, 2.75) is 20.0 Å². The molecule has 9 heteroatoms. The third-order valence-electron chi connectivity index (χ3n) is 3.32. The number of thiazole rings is 1. The molecule has 1 heterocycles. The van der Waals surface area contributed by atoms with E-state index in [-0.39, 0.29) is 0 Å². The number of aromatic nitrogens is 1. The molecule has 0 radical (unpaired) electrons. The minimum absolute atomic E-state index is 0.534. The second kappa shape index (κ2) is 8.30. The predicted molar refractivity (Wildman–Crippen MR) is 103 cm³/mol. The number of hydrogen-bond donors (Lipinski definition) is 2. The first-order valence-corrected chi connectivity index (χ1v) is 10.4. The lowest BCUT2D eigenvalue weighted by Gasteiger charge is -2.21. The molecule has 0 saturated carbocycles. The number of aryl methyl sites for hydroxylation is 1. The molecule has 0 aliphatic rings. The van der Waals surface area contributed by atoms with Crippen LogP contribution in [0, 0.1) is 6.92 Å². The van der Waals surface area contributed by atoms with Crippen molar-refractivity contribution in [3.63, 3.8) is 0 Å². The Morgan fingerprint density at radius 2 is 2.16 bits per heavy atom. The Labute approximate surface area is 152 Å². The number of nitrogens with zero attached hydrogens (tertiary/aromatic N) is 3. The zero-order valence-corrected chi connectivity index (χ0v) is 16.4. The van der Waals surface area contributed by atoms with Crippen LogP contribution in [0.2, 0.25) is 0 Å². The van der Waals surface area contributed by atoms with Crippen LogP contribution in [0.15, 0.2) is 34.6 Å². The average molecular weight is 382 g/mol. The molecule has 0 unspecified atom stereocenters. The smallest absolute Gasteiger partial charge is 0.229 e. The first kappa shape index (κ1) is 19.2. The van der Waals surface area contributed by atoms with Crippen molar-refractivity contribution in [1.29, 1.82) is 0 Å². The second-order valence-corrected chi connectivity index (χ2v) is 8.50. The van der Waals surface area contributed by atoms with E-state index in [4.69, 9.17) is 0 Å². The Morgan fingerprint density at radius 1 is 1.40 bits per heavy atom. The summed E-state index contributed by atoms with van der Waals surface area (Å²) in [6.45, 7) is 3.19. The predicted octanol–water partition coefficient (Wildman–Crippen LogP) is 2.03.